The van der Waals surface area contributed by atoms with Crippen LogP contribution in [0.15, 0.2) is 18.2 Å². The first kappa shape index (κ1) is 16.3. The molecule has 1 aromatic rings. The van der Waals surface area contributed by atoms with Gasteiger partial charge in [-0.25, -0.2) is 0 Å². The Morgan fingerprint density at radius 1 is 1.38 bits per heavy atom. The maximum atomic E-state index is 6.07. The molecule has 1 aliphatic heterocycles. The fourth-order valence-corrected chi connectivity index (χ4v) is 3.24. The molecule has 3 heteroatoms. The number of rotatable bonds is 5. The normalized spacial score (nSPS) is 20.9. The van der Waals surface area contributed by atoms with Gasteiger partial charge < -0.3 is 15.5 Å². The van der Waals surface area contributed by atoms with Crippen LogP contribution in [0.5, 0.6) is 0 Å². The van der Waals surface area contributed by atoms with Crippen LogP contribution in [0.3, 0.4) is 0 Å². The molecule has 2 atom stereocenters. The Balaban J connectivity index is 2.09. The number of nitrogens with zero attached hydrogens (tertiary/aromatic N) is 2. The van der Waals surface area contributed by atoms with Crippen molar-refractivity contribution in [2.45, 2.75) is 51.6 Å². The molecule has 0 radical (unpaired) electrons. The SMILES string of the molecule is CCC(N)Cc1ccc(N2CCCC(N(C)C)C2)c(C)c1. The molecule has 1 saturated heterocycles. The minimum Gasteiger partial charge on any atom is -0.370 e. The van der Waals surface area contributed by atoms with E-state index in [0.717, 1.165) is 19.4 Å². The highest BCUT2D eigenvalue weighted by Gasteiger charge is 2.22. The number of hydrogen-bond acceptors (Lipinski definition) is 3. The molecular weight excluding hydrogens is 258 g/mol. The van der Waals surface area contributed by atoms with E-state index in [-0.39, 0.29) is 6.04 Å². The van der Waals surface area contributed by atoms with Crippen LogP contribution in [-0.4, -0.2) is 44.2 Å². The number of anilines is 1. The predicted octanol–water partition coefficient (Wildman–Crippen LogP) is 2.81. The molecule has 0 bridgehead atoms. The summed E-state index contributed by atoms with van der Waals surface area (Å²) in [5.41, 5.74) is 10.2. The fraction of sp³-hybridized carbons (Fsp3) is 0.667. The number of aryl methyl sites for hydroxylation is 1. The van der Waals surface area contributed by atoms with Gasteiger partial charge in [-0.1, -0.05) is 19.1 Å². The smallest absolute Gasteiger partial charge is 0.0396 e. The molecule has 2 unspecified atom stereocenters. The Bertz CT molecular complexity index is 456. The molecule has 118 valence electrons. The first-order valence-electron chi connectivity index (χ1n) is 8.27. The minimum atomic E-state index is 0.281. The standard InChI is InChI=1S/C18H31N3/c1-5-16(19)12-15-8-9-18(14(2)11-15)21-10-6-7-17(13-21)20(3)4/h8-9,11,16-17H,5-7,10,12-13,19H2,1-4H3. The first-order valence-corrected chi connectivity index (χ1v) is 8.27. The number of piperidine rings is 1. The van der Waals surface area contributed by atoms with E-state index >= 15 is 0 Å². The van der Waals surface area contributed by atoms with Gasteiger partial charge in [0.15, 0.2) is 0 Å². The van der Waals surface area contributed by atoms with Gasteiger partial charge in [0, 0.05) is 30.9 Å². The largest absolute Gasteiger partial charge is 0.370 e. The van der Waals surface area contributed by atoms with E-state index < -0.39 is 0 Å². The van der Waals surface area contributed by atoms with Crippen LogP contribution in [0, 0.1) is 6.92 Å². The molecule has 0 aliphatic carbocycles. The minimum absolute atomic E-state index is 0.281. The third-order valence-corrected chi connectivity index (χ3v) is 4.75. The molecule has 3 nitrogen and oxygen atoms in total. The molecule has 1 aliphatic rings. The van der Waals surface area contributed by atoms with Crippen molar-refractivity contribution in [2.75, 3.05) is 32.1 Å². The summed E-state index contributed by atoms with van der Waals surface area (Å²) in [6, 6.07) is 7.83. The lowest BCUT2D eigenvalue weighted by Crippen LogP contribution is -2.45. The van der Waals surface area contributed by atoms with Gasteiger partial charge in [0.1, 0.15) is 0 Å². The monoisotopic (exact) mass is 289 g/mol. The van der Waals surface area contributed by atoms with Gasteiger partial charge in [0.25, 0.3) is 0 Å². The zero-order valence-electron chi connectivity index (χ0n) is 14.1. The van der Waals surface area contributed by atoms with Gasteiger partial charge >= 0.3 is 0 Å². The Morgan fingerprint density at radius 2 is 2.14 bits per heavy atom. The topological polar surface area (TPSA) is 32.5 Å². The van der Waals surface area contributed by atoms with Crippen LogP contribution in [0.4, 0.5) is 5.69 Å². The molecule has 0 spiro atoms. The first-order chi connectivity index (χ1) is 10.0. The van der Waals surface area contributed by atoms with E-state index in [1.54, 1.807) is 0 Å². The molecule has 1 fully saturated rings. The van der Waals surface area contributed by atoms with E-state index in [4.69, 9.17) is 5.73 Å². The summed E-state index contributed by atoms with van der Waals surface area (Å²) in [5, 5.41) is 0. The van der Waals surface area contributed by atoms with E-state index in [1.165, 1.54) is 36.2 Å². The summed E-state index contributed by atoms with van der Waals surface area (Å²) >= 11 is 0. The van der Waals surface area contributed by atoms with Crippen LogP contribution < -0.4 is 10.6 Å². The van der Waals surface area contributed by atoms with Gasteiger partial charge in [-0.3, -0.25) is 0 Å². The molecule has 0 aromatic heterocycles. The maximum absolute atomic E-state index is 6.07. The van der Waals surface area contributed by atoms with Crippen LogP contribution in [0.2, 0.25) is 0 Å². The number of benzene rings is 1. The highest BCUT2D eigenvalue weighted by atomic mass is 15.2. The quantitative estimate of drug-likeness (QED) is 0.904. The van der Waals surface area contributed by atoms with E-state index in [9.17, 15) is 0 Å². The number of hydrogen-bond donors (Lipinski definition) is 1. The molecular formula is C18H31N3. The van der Waals surface area contributed by atoms with Crippen LogP contribution >= 0.6 is 0 Å². The van der Waals surface area contributed by atoms with Crippen molar-refractivity contribution in [3.63, 3.8) is 0 Å². The second kappa shape index (κ2) is 7.28. The zero-order chi connectivity index (χ0) is 15.4. The van der Waals surface area contributed by atoms with Gasteiger partial charge in [-0.05, 0) is 63.9 Å². The van der Waals surface area contributed by atoms with Crippen molar-refractivity contribution >= 4 is 5.69 Å². The molecule has 1 heterocycles. The molecule has 0 saturated carbocycles. The second-order valence-corrected chi connectivity index (χ2v) is 6.70. The summed E-state index contributed by atoms with van der Waals surface area (Å²) in [6.45, 7) is 6.71. The predicted molar refractivity (Wildman–Crippen MR) is 92.1 cm³/mol. The third kappa shape index (κ3) is 4.21. The lowest BCUT2D eigenvalue weighted by atomic mass is 9.99. The van der Waals surface area contributed by atoms with Crippen molar-refractivity contribution in [3.8, 4) is 0 Å². The van der Waals surface area contributed by atoms with E-state index in [0.29, 0.717) is 6.04 Å². The van der Waals surface area contributed by atoms with Crippen molar-refractivity contribution in [3.05, 3.63) is 29.3 Å². The van der Waals surface area contributed by atoms with E-state index in [1.807, 2.05) is 0 Å². The Kier molecular flexibility index (Phi) is 5.65. The lowest BCUT2D eigenvalue weighted by Gasteiger charge is -2.38. The maximum Gasteiger partial charge on any atom is 0.0396 e. The molecule has 21 heavy (non-hydrogen) atoms. The highest BCUT2D eigenvalue weighted by Crippen LogP contribution is 2.26. The lowest BCUT2D eigenvalue weighted by molar-refractivity contribution is 0.258. The summed E-state index contributed by atoms with van der Waals surface area (Å²) in [5.74, 6) is 0. The fourth-order valence-electron chi connectivity index (χ4n) is 3.24. The second-order valence-electron chi connectivity index (χ2n) is 6.70. The molecule has 2 rings (SSSR count). The zero-order valence-corrected chi connectivity index (χ0v) is 14.1. The Labute approximate surface area is 130 Å². The number of nitrogens with two attached hydrogens (primary N) is 1. The molecule has 2 N–H and O–H groups in total. The van der Waals surface area contributed by atoms with Gasteiger partial charge in [-0.15, -0.1) is 0 Å². The van der Waals surface area contributed by atoms with Gasteiger partial charge in [0.2, 0.25) is 0 Å². The summed E-state index contributed by atoms with van der Waals surface area (Å²) in [7, 11) is 4.38. The van der Waals surface area contributed by atoms with Crippen molar-refractivity contribution in [1.29, 1.82) is 0 Å². The number of likely N-dealkylation sites (N-methyl/N-ethyl adjacent to an activating group) is 1. The van der Waals surface area contributed by atoms with E-state index in [2.05, 4.69) is 55.9 Å². The summed E-state index contributed by atoms with van der Waals surface area (Å²) < 4.78 is 0. The Hall–Kier alpha value is -1.06. The van der Waals surface area contributed by atoms with Crippen molar-refractivity contribution < 1.29 is 0 Å². The third-order valence-electron chi connectivity index (χ3n) is 4.75. The average Bonchev–Trinajstić information content (AvgIpc) is 2.47. The van der Waals surface area contributed by atoms with Crippen molar-refractivity contribution in [1.82, 2.24) is 4.90 Å². The molecule has 0 amide bonds. The van der Waals surface area contributed by atoms with Crippen LogP contribution in [-0.2, 0) is 6.42 Å². The average molecular weight is 289 g/mol. The van der Waals surface area contributed by atoms with Crippen LogP contribution in [0.25, 0.3) is 0 Å². The van der Waals surface area contributed by atoms with Crippen LogP contribution in [0.1, 0.15) is 37.3 Å². The molecule has 1 aromatic carbocycles. The Morgan fingerprint density at radius 3 is 2.76 bits per heavy atom. The highest BCUT2D eigenvalue weighted by molar-refractivity contribution is 5.55. The van der Waals surface area contributed by atoms with Gasteiger partial charge in [0.05, 0.1) is 0 Å². The van der Waals surface area contributed by atoms with Gasteiger partial charge in [-0.2, -0.15) is 0 Å². The summed E-state index contributed by atoms with van der Waals surface area (Å²) in [6.07, 6.45) is 4.62. The summed E-state index contributed by atoms with van der Waals surface area (Å²) in [4.78, 5) is 4.91. The van der Waals surface area contributed by atoms with Crippen molar-refractivity contribution in [2.24, 2.45) is 5.73 Å².